The van der Waals surface area contributed by atoms with Gasteiger partial charge in [-0.1, -0.05) is 37.0 Å². The number of anilines is 1. The molecular weight excluding hydrogens is 283 g/mol. The number of amides is 1. The van der Waals surface area contributed by atoms with Crippen LogP contribution >= 0.6 is 23.2 Å². The van der Waals surface area contributed by atoms with E-state index in [0.29, 0.717) is 28.1 Å². The average Bonchev–Trinajstić information content (AvgIpc) is 2.65. The summed E-state index contributed by atoms with van der Waals surface area (Å²) in [4.78, 5) is 12.3. The molecule has 1 aromatic rings. The zero-order chi connectivity index (χ0) is 14.2. The van der Waals surface area contributed by atoms with Gasteiger partial charge in [0.25, 0.3) is 5.91 Å². The van der Waals surface area contributed by atoms with E-state index in [9.17, 15) is 4.79 Å². The topological polar surface area (TPSA) is 55.1 Å². The molecule has 1 aliphatic rings. The molecule has 1 saturated carbocycles. The summed E-state index contributed by atoms with van der Waals surface area (Å²) in [5, 5.41) is 3.59. The second-order valence-corrected chi connectivity index (χ2v) is 6.14. The monoisotopic (exact) mass is 300 g/mol. The predicted octanol–water partition coefficient (Wildman–Crippen LogP) is 3.74. The van der Waals surface area contributed by atoms with E-state index in [-0.39, 0.29) is 17.0 Å². The molecule has 2 rings (SSSR count). The molecular formula is C14H18Cl2N2O. The van der Waals surface area contributed by atoms with Gasteiger partial charge in [-0.2, -0.15) is 0 Å². The molecule has 3 nitrogen and oxygen atoms in total. The maximum absolute atomic E-state index is 12.3. The van der Waals surface area contributed by atoms with Gasteiger partial charge >= 0.3 is 0 Å². The van der Waals surface area contributed by atoms with Crippen molar-refractivity contribution in [2.75, 3.05) is 5.73 Å². The van der Waals surface area contributed by atoms with Crippen molar-refractivity contribution in [3.05, 3.63) is 27.7 Å². The van der Waals surface area contributed by atoms with Crippen LogP contribution in [0.5, 0.6) is 0 Å². The van der Waals surface area contributed by atoms with Gasteiger partial charge in [-0.3, -0.25) is 4.79 Å². The molecule has 0 spiro atoms. The largest absolute Gasteiger partial charge is 0.399 e. The van der Waals surface area contributed by atoms with Gasteiger partial charge in [0, 0.05) is 11.7 Å². The fraction of sp³-hybridized carbons (Fsp3) is 0.500. The lowest BCUT2D eigenvalue weighted by Crippen LogP contribution is -2.37. The van der Waals surface area contributed by atoms with Gasteiger partial charge in [0.1, 0.15) is 0 Å². The number of nitrogen functional groups attached to an aromatic ring is 1. The minimum absolute atomic E-state index is 0.193. The maximum atomic E-state index is 12.3. The number of hydrogen-bond donors (Lipinski definition) is 2. The molecule has 3 atom stereocenters. The van der Waals surface area contributed by atoms with Gasteiger partial charge in [0.2, 0.25) is 0 Å². The maximum Gasteiger partial charge on any atom is 0.253 e. The molecule has 0 radical (unpaired) electrons. The van der Waals surface area contributed by atoms with E-state index in [0.717, 1.165) is 12.8 Å². The Bertz CT molecular complexity index is 504. The van der Waals surface area contributed by atoms with Crippen molar-refractivity contribution in [3.63, 3.8) is 0 Å². The molecule has 1 amide bonds. The number of rotatable bonds is 2. The number of carbonyl (C=O) groups is 1. The third-order valence-electron chi connectivity index (χ3n) is 4.08. The second-order valence-electron chi connectivity index (χ2n) is 5.36. The highest BCUT2D eigenvalue weighted by Crippen LogP contribution is 2.32. The smallest absolute Gasteiger partial charge is 0.253 e. The Labute approximate surface area is 123 Å². The first-order chi connectivity index (χ1) is 8.90. The zero-order valence-electron chi connectivity index (χ0n) is 11.0. The van der Waals surface area contributed by atoms with Crippen molar-refractivity contribution in [2.45, 2.75) is 32.7 Å². The summed E-state index contributed by atoms with van der Waals surface area (Å²) in [6.07, 6.45) is 2.14. The molecule has 1 aromatic carbocycles. The molecule has 0 heterocycles. The van der Waals surface area contributed by atoms with E-state index < -0.39 is 0 Å². The third-order valence-corrected chi connectivity index (χ3v) is 4.88. The second kappa shape index (κ2) is 5.59. The Hall–Kier alpha value is -0.930. The molecule has 5 heteroatoms. The van der Waals surface area contributed by atoms with Gasteiger partial charge in [0.05, 0.1) is 15.6 Å². The molecule has 0 aliphatic heterocycles. The van der Waals surface area contributed by atoms with Crippen LogP contribution in [0, 0.1) is 11.8 Å². The van der Waals surface area contributed by atoms with Crippen LogP contribution in [-0.4, -0.2) is 11.9 Å². The number of carbonyl (C=O) groups excluding carboxylic acids is 1. The van der Waals surface area contributed by atoms with Crippen molar-refractivity contribution >= 4 is 34.8 Å². The quantitative estimate of drug-likeness (QED) is 0.818. The van der Waals surface area contributed by atoms with E-state index in [4.69, 9.17) is 28.9 Å². The zero-order valence-corrected chi connectivity index (χ0v) is 12.6. The van der Waals surface area contributed by atoms with Crippen LogP contribution in [0.2, 0.25) is 10.0 Å². The minimum Gasteiger partial charge on any atom is -0.399 e. The van der Waals surface area contributed by atoms with Crippen LogP contribution < -0.4 is 11.1 Å². The van der Waals surface area contributed by atoms with Gasteiger partial charge in [-0.25, -0.2) is 0 Å². The van der Waals surface area contributed by atoms with E-state index in [1.54, 1.807) is 12.1 Å². The van der Waals surface area contributed by atoms with Crippen LogP contribution in [0.4, 0.5) is 5.69 Å². The van der Waals surface area contributed by atoms with Gasteiger partial charge < -0.3 is 11.1 Å². The van der Waals surface area contributed by atoms with Crippen LogP contribution in [0.1, 0.15) is 37.0 Å². The van der Waals surface area contributed by atoms with Gasteiger partial charge in [-0.05, 0) is 36.8 Å². The van der Waals surface area contributed by atoms with Crippen molar-refractivity contribution in [1.82, 2.24) is 5.32 Å². The van der Waals surface area contributed by atoms with Crippen LogP contribution in [0.15, 0.2) is 12.1 Å². The SMILES string of the molecule is CC1CCC(NC(=O)c2cc(N)cc(Cl)c2Cl)C1C. The van der Waals surface area contributed by atoms with Gasteiger partial charge in [-0.15, -0.1) is 0 Å². The summed E-state index contributed by atoms with van der Waals surface area (Å²) in [6, 6.07) is 3.30. The summed E-state index contributed by atoms with van der Waals surface area (Å²) in [6.45, 7) is 4.37. The number of benzene rings is 1. The summed E-state index contributed by atoms with van der Waals surface area (Å²) in [5.74, 6) is 0.898. The molecule has 0 bridgehead atoms. The highest BCUT2D eigenvalue weighted by Gasteiger charge is 2.31. The average molecular weight is 301 g/mol. The number of hydrogen-bond acceptors (Lipinski definition) is 2. The first-order valence-corrected chi connectivity index (χ1v) is 7.21. The normalized spacial score (nSPS) is 26.4. The lowest BCUT2D eigenvalue weighted by molar-refractivity contribution is 0.0927. The lowest BCUT2D eigenvalue weighted by Gasteiger charge is -2.20. The Kier molecular flexibility index (Phi) is 4.26. The van der Waals surface area contributed by atoms with Crippen LogP contribution in [-0.2, 0) is 0 Å². The Morgan fingerprint density at radius 3 is 2.58 bits per heavy atom. The molecule has 0 aromatic heterocycles. The molecule has 0 saturated heterocycles. The fourth-order valence-electron chi connectivity index (χ4n) is 2.59. The van der Waals surface area contributed by atoms with E-state index in [2.05, 4.69) is 19.2 Å². The van der Waals surface area contributed by atoms with Crippen molar-refractivity contribution < 1.29 is 4.79 Å². The summed E-state index contributed by atoms with van der Waals surface area (Å²) in [5.41, 5.74) is 6.48. The van der Waals surface area contributed by atoms with Gasteiger partial charge in [0.15, 0.2) is 0 Å². The molecule has 19 heavy (non-hydrogen) atoms. The molecule has 1 fully saturated rings. The molecule has 1 aliphatic carbocycles. The van der Waals surface area contributed by atoms with E-state index in [1.807, 2.05) is 0 Å². The standard InChI is InChI=1S/C14H18Cl2N2O/c1-7-3-4-12(8(7)2)18-14(19)10-5-9(17)6-11(15)13(10)16/h5-8,12H,3-4,17H2,1-2H3,(H,18,19). The van der Waals surface area contributed by atoms with Crippen LogP contribution in [0.3, 0.4) is 0 Å². The summed E-state index contributed by atoms with van der Waals surface area (Å²) in [7, 11) is 0. The lowest BCUT2D eigenvalue weighted by atomic mass is 9.97. The summed E-state index contributed by atoms with van der Waals surface area (Å²) >= 11 is 12.0. The Morgan fingerprint density at radius 1 is 1.32 bits per heavy atom. The van der Waals surface area contributed by atoms with E-state index >= 15 is 0 Å². The first-order valence-electron chi connectivity index (χ1n) is 6.45. The molecule has 104 valence electrons. The highest BCUT2D eigenvalue weighted by atomic mass is 35.5. The molecule has 3 N–H and O–H groups in total. The Balaban J connectivity index is 2.17. The highest BCUT2D eigenvalue weighted by molar-refractivity contribution is 6.44. The Morgan fingerprint density at radius 2 is 2.00 bits per heavy atom. The van der Waals surface area contributed by atoms with Crippen molar-refractivity contribution in [3.8, 4) is 0 Å². The number of nitrogens with two attached hydrogens (primary N) is 1. The number of halogens is 2. The van der Waals surface area contributed by atoms with Crippen molar-refractivity contribution in [2.24, 2.45) is 11.8 Å². The number of nitrogens with one attached hydrogen (secondary N) is 1. The van der Waals surface area contributed by atoms with Crippen molar-refractivity contribution in [1.29, 1.82) is 0 Å². The predicted molar refractivity (Wildman–Crippen MR) is 79.7 cm³/mol. The minimum atomic E-state index is -0.204. The first kappa shape index (κ1) is 14.5. The summed E-state index contributed by atoms with van der Waals surface area (Å²) < 4.78 is 0. The third kappa shape index (κ3) is 2.98. The van der Waals surface area contributed by atoms with Crippen LogP contribution in [0.25, 0.3) is 0 Å². The van der Waals surface area contributed by atoms with E-state index in [1.165, 1.54) is 0 Å². The fourth-order valence-corrected chi connectivity index (χ4v) is 3.01. The molecule has 3 unspecified atom stereocenters.